The number of hydrogen-bond donors (Lipinski definition) is 1. The lowest BCUT2D eigenvalue weighted by molar-refractivity contribution is -0.118. The zero-order valence-electron chi connectivity index (χ0n) is 17.2. The molecule has 2 aromatic carbocycles. The van der Waals surface area contributed by atoms with E-state index in [0.717, 1.165) is 5.56 Å². The van der Waals surface area contributed by atoms with E-state index in [2.05, 4.69) is 15.3 Å². The molecule has 0 unspecified atom stereocenters. The van der Waals surface area contributed by atoms with Gasteiger partial charge in [0.15, 0.2) is 18.2 Å². The van der Waals surface area contributed by atoms with Crippen LogP contribution in [0.15, 0.2) is 71.9 Å². The predicted molar refractivity (Wildman–Crippen MR) is 118 cm³/mol. The van der Waals surface area contributed by atoms with E-state index in [9.17, 15) is 13.2 Å². The number of nitrogens with one attached hydrogen (secondary N) is 1. The van der Waals surface area contributed by atoms with Crippen LogP contribution in [0, 0.1) is 0 Å². The van der Waals surface area contributed by atoms with E-state index in [1.807, 2.05) is 30.3 Å². The molecule has 0 radical (unpaired) electrons. The van der Waals surface area contributed by atoms with Gasteiger partial charge in [-0.1, -0.05) is 30.3 Å². The van der Waals surface area contributed by atoms with Gasteiger partial charge in [-0.25, -0.2) is 18.4 Å². The van der Waals surface area contributed by atoms with Crippen molar-refractivity contribution in [1.29, 1.82) is 0 Å². The Morgan fingerprint density at radius 2 is 1.66 bits per heavy atom. The quantitative estimate of drug-likeness (QED) is 0.583. The first-order chi connectivity index (χ1) is 15.5. The Morgan fingerprint density at radius 1 is 1.00 bits per heavy atom. The van der Waals surface area contributed by atoms with E-state index in [-0.39, 0.29) is 17.4 Å². The lowest BCUT2D eigenvalue weighted by Crippen LogP contribution is -2.40. The zero-order chi connectivity index (χ0) is 22.4. The molecule has 32 heavy (non-hydrogen) atoms. The molecular formula is C22H22N4O5S. The van der Waals surface area contributed by atoms with Gasteiger partial charge in [0.25, 0.3) is 5.91 Å². The second kappa shape index (κ2) is 9.86. The van der Waals surface area contributed by atoms with Gasteiger partial charge in [-0.15, -0.1) is 0 Å². The van der Waals surface area contributed by atoms with Crippen LogP contribution < -0.4 is 10.1 Å². The highest BCUT2D eigenvalue weighted by Gasteiger charge is 2.26. The van der Waals surface area contributed by atoms with E-state index in [4.69, 9.17) is 9.47 Å². The molecule has 1 aromatic heterocycles. The largest absolute Gasteiger partial charge is 0.481 e. The van der Waals surface area contributed by atoms with Gasteiger partial charge < -0.3 is 14.8 Å². The summed E-state index contributed by atoms with van der Waals surface area (Å²) in [7, 11) is -3.58. The van der Waals surface area contributed by atoms with Gasteiger partial charge >= 0.3 is 0 Å². The summed E-state index contributed by atoms with van der Waals surface area (Å²) in [6.45, 7) is 1.19. The fourth-order valence-electron chi connectivity index (χ4n) is 3.12. The van der Waals surface area contributed by atoms with Gasteiger partial charge in [-0.05, 0) is 24.3 Å². The number of carbonyl (C=O) groups excluding carboxylic acids is 1. The molecule has 3 aromatic rings. The fourth-order valence-corrected chi connectivity index (χ4v) is 4.53. The van der Waals surface area contributed by atoms with Crippen molar-refractivity contribution in [3.05, 3.63) is 67.0 Å². The molecule has 1 fully saturated rings. The van der Waals surface area contributed by atoms with Gasteiger partial charge in [-0.2, -0.15) is 4.31 Å². The molecule has 1 N–H and O–H groups in total. The Hall–Kier alpha value is -3.34. The number of anilines is 1. The average molecular weight is 455 g/mol. The first-order valence-corrected chi connectivity index (χ1v) is 11.4. The number of morpholine rings is 1. The number of rotatable bonds is 7. The minimum absolute atomic E-state index is 0.171. The minimum atomic E-state index is -3.58. The maximum absolute atomic E-state index is 12.6. The SMILES string of the molecule is O=C(COc1cnc(-c2ccccc2)nc1)Nc1ccc(S(=O)(=O)N2CCOCC2)cc1. The number of ether oxygens (including phenoxy) is 2. The summed E-state index contributed by atoms with van der Waals surface area (Å²) in [5, 5.41) is 2.67. The van der Waals surface area contributed by atoms with Crippen LogP contribution in [0.2, 0.25) is 0 Å². The highest BCUT2D eigenvalue weighted by Crippen LogP contribution is 2.20. The Labute approximate surface area is 186 Å². The molecule has 9 nitrogen and oxygen atoms in total. The average Bonchev–Trinajstić information content (AvgIpc) is 2.84. The lowest BCUT2D eigenvalue weighted by atomic mass is 10.2. The molecule has 2 heterocycles. The van der Waals surface area contributed by atoms with Gasteiger partial charge in [0.1, 0.15) is 0 Å². The van der Waals surface area contributed by atoms with E-state index in [1.165, 1.54) is 28.8 Å². The van der Waals surface area contributed by atoms with Crippen LogP contribution in [0.3, 0.4) is 0 Å². The van der Waals surface area contributed by atoms with Crippen molar-refractivity contribution in [2.45, 2.75) is 4.90 Å². The molecule has 10 heteroatoms. The van der Waals surface area contributed by atoms with Crippen LogP contribution in [0.5, 0.6) is 5.75 Å². The van der Waals surface area contributed by atoms with Crippen LogP contribution in [-0.2, 0) is 19.6 Å². The number of hydrogen-bond acceptors (Lipinski definition) is 7. The molecule has 0 aliphatic carbocycles. The second-order valence-electron chi connectivity index (χ2n) is 6.99. The summed E-state index contributed by atoms with van der Waals surface area (Å²) >= 11 is 0. The van der Waals surface area contributed by atoms with Crippen LogP contribution in [0.1, 0.15) is 0 Å². The summed E-state index contributed by atoms with van der Waals surface area (Å²) in [6, 6.07) is 15.6. The molecule has 166 valence electrons. The Kier molecular flexibility index (Phi) is 6.74. The molecule has 1 aliphatic heterocycles. The molecule has 1 saturated heterocycles. The number of carbonyl (C=O) groups is 1. The zero-order valence-corrected chi connectivity index (χ0v) is 18.0. The van der Waals surface area contributed by atoms with Crippen molar-refractivity contribution in [2.24, 2.45) is 0 Å². The number of sulfonamides is 1. The van der Waals surface area contributed by atoms with E-state index in [0.29, 0.717) is 43.6 Å². The number of nitrogens with zero attached hydrogens (tertiary/aromatic N) is 3. The van der Waals surface area contributed by atoms with Gasteiger partial charge in [-0.3, -0.25) is 4.79 Å². The maximum Gasteiger partial charge on any atom is 0.262 e. The molecule has 0 saturated carbocycles. The predicted octanol–water partition coefficient (Wildman–Crippen LogP) is 2.18. The van der Waals surface area contributed by atoms with Crippen molar-refractivity contribution in [3.63, 3.8) is 0 Å². The molecular weight excluding hydrogens is 432 g/mol. The Balaban J connectivity index is 1.30. The summed E-state index contributed by atoms with van der Waals surface area (Å²) < 4.78 is 37.3. The first-order valence-electron chi connectivity index (χ1n) is 10.0. The molecule has 4 rings (SSSR count). The Bertz CT molecular complexity index is 1150. The van der Waals surface area contributed by atoms with Crippen molar-refractivity contribution in [3.8, 4) is 17.1 Å². The normalized spacial score (nSPS) is 14.6. The van der Waals surface area contributed by atoms with Crippen molar-refractivity contribution in [2.75, 3.05) is 38.2 Å². The third kappa shape index (κ3) is 5.28. The third-order valence-electron chi connectivity index (χ3n) is 4.78. The topological polar surface area (TPSA) is 111 Å². The molecule has 1 aliphatic rings. The molecule has 0 bridgehead atoms. The number of amides is 1. The lowest BCUT2D eigenvalue weighted by Gasteiger charge is -2.26. The minimum Gasteiger partial charge on any atom is -0.481 e. The van der Waals surface area contributed by atoms with Gasteiger partial charge in [0.05, 0.1) is 30.5 Å². The highest BCUT2D eigenvalue weighted by molar-refractivity contribution is 7.89. The van der Waals surface area contributed by atoms with Crippen LogP contribution in [-0.4, -0.2) is 61.5 Å². The van der Waals surface area contributed by atoms with E-state index < -0.39 is 10.0 Å². The smallest absolute Gasteiger partial charge is 0.262 e. The van der Waals surface area contributed by atoms with E-state index in [1.54, 1.807) is 12.1 Å². The molecule has 0 atom stereocenters. The van der Waals surface area contributed by atoms with Gasteiger partial charge in [0, 0.05) is 24.3 Å². The fraction of sp³-hybridized carbons (Fsp3) is 0.227. The summed E-state index contributed by atoms with van der Waals surface area (Å²) in [5.41, 5.74) is 1.35. The van der Waals surface area contributed by atoms with Crippen molar-refractivity contribution < 1.29 is 22.7 Å². The van der Waals surface area contributed by atoms with Crippen LogP contribution in [0.4, 0.5) is 5.69 Å². The van der Waals surface area contributed by atoms with E-state index >= 15 is 0 Å². The maximum atomic E-state index is 12.6. The molecule has 0 spiro atoms. The van der Waals surface area contributed by atoms with Gasteiger partial charge in [0.2, 0.25) is 10.0 Å². The summed E-state index contributed by atoms with van der Waals surface area (Å²) in [5.74, 6) is 0.544. The van der Waals surface area contributed by atoms with Crippen LogP contribution in [0.25, 0.3) is 11.4 Å². The highest BCUT2D eigenvalue weighted by atomic mass is 32.2. The third-order valence-corrected chi connectivity index (χ3v) is 6.69. The monoisotopic (exact) mass is 454 g/mol. The summed E-state index contributed by atoms with van der Waals surface area (Å²) in [4.78, 5) is 20.8. The second-order valence-corrected chi connectivity index (χ2v) is 8.92. The standard InChI is InChI=1S/C22H22N4O5S/c27-21(16-31-19-14-23-22(24-15-19)17-4-2-1-3-5-17)25-18-6-8-20(9-7-18)32(28,29)26-10-12-30-13-11-26/h1-9,14-15H,10-13,16H2,(H,25,27). The van der Waals surface area contributed by atoms with Crippen LogP contribution >= 0.6 is 0 Å². The summed E-state index contributed by atoms with van der Waals surface area (Å²) in [6.07, 6.45) is 3.02. The first kappa shape index (κ1) is 21.9. The van der Waals surface area contributed by atoms with Crippen molar-refractivity contribution >= 4 is 21.6 Å². The molecule has 1 amide bonds. The van der Waals surface area contributed by atoms with Crippen molar-refractivity contribution in [1.82, 2.24) is 14.3 Å². The number of benzene rings is 2. The number of aromatic nitrogens is 2. The Morgan fingerprint density at radius 3 is 2.31 bits per heavy atom.